The summed E-state index contributed by atoms with van der Waals surface area (Å²) in [5, 5.41) is 3.59. The minimum Gasteiger partial charge on any atom is -0.489 e. The van der Waals surface area contributed by atoms with Gasteiger partial charge in [0.15, 0.2) is 0 Å². The molecule has 1 aromatic heterocycles. The van der Waals surface area contributed by atoms with Gasteiger partial charge in [-0.2, -0.15) is 0 Å². The molecule has 0 atom stereocenters. The second-order valence-corrected chi connectivity index (χ2v) is 5.54. The molecule has 0 unspecified atom stereocenters. The predicted octanol–water partition coefficient (Wildman–Crippen LogP) is 3.85. The maximum Gasteiger partial charge on any atom is 0.212 e. The summed E-state index contributed by atoms with van der Waals surface area (Å²) in [5.74, 6) is 2.09. The van der Waals surface area contributed by atoms with Crippen LogP contribution < -0.4 is 10.1 Å². The van der Waals surface area contributed by atoms with Crippen LogP contribution in [0.4, 0.5) is 5.82 Å². The van der Waals surface area contributed by atoms with Gasteiger partial charge in [-0.15, -0.1) is 0 Å². The summed E-state index contributed by atoms with van der Waals surface area (Å²) in [5.41, 5.74) is 3.13. The number of amides is 1. The van der Waals surface area contributed by atoms with Gasteiger partial charge in [0.25, 0.3) is 0 Å². The van der Waals surface area contributed by atoms with Crippen LogP contribution in [0, 0.1) is 6.92 Å². The molecule has 122 valence electrons. The smallest absolute Gasteiger partial charge is 0.212 e. The number of nitrogens with zero attached hydrogens (tertiary/aromatic N) is 1. The fraction of sp³-hybridized carbons (Fsp3) is 0.158. The maximum absolute atomic E-state index is 10.5. The summed E-state index contributed by atoms with van der Waals surface area (Å²) in [6.45, 7) is 4.27. The molecule has 24 heavy (non-hydrogen) atoms. The molecule has 2 aromatic carbocycles. The van der Waals surface area contributed by atoms with E-state index in [1.54, 1.807) is 6.92 Å². The zero-order valence-corrected chi connectivity index (χ0v) is 13.7. The molecule has 0 radical (unpaired) electrons. The van der Waals surface area contributed by atoms with Crippen molar-refractivity contribution in [2.75, 3.05) is 0 Å². The van der Waals surface area contributed by atoms with Crippen LogP contribution in [0.5, 0.6) is 5.75 Å². The Labute approximate surface area is 140 Å². The molecule has 5 nitrogen and oxygen atoms in total. The molecule has 1 heterocycles. The first-order chi connectivity index (χ1) is 11.7. The number of aromatic nitrogens is 1. The molecule has 0 aliphatic heterocycles. The molecule has 0 spiro atoms. The van der Waals surface area contributed by atoms with Crippen molar-refractivity contribution in [1.82, 2.24) is 10.3 Å². The van der Waals surface area contributed by atoms with E-state index in [0.717, 1.165) is 33.6 Å². The first-order valence-corrected chi connectivity index (χ1v) is 7.72. The lowest BCUT2D eigenvalue weighted by Crippen LogP contribution is -2.17. The molecule has 0 saturated carbocycles. The van der Waals surface area contributed by atoms with Crippen LogP contribution >= 0.6 is 0 Å². The van der Waals surface area contributed by atoms with Crippen LogP contribution in [-0.2, 0) is 11.4 Å². The lowest BCUT2D eigenvalue weighted by Gasteiger charge is -2.06. The van der Waals surface area contributed by atoms with Gasteiger partial charge in [0.1, 0.15) is 24.0 Å². The summed E-state index contributed by atoms with van der Waals surface area (Å²) in [7, 11) is 0. The van der Waals surface area contributed by atoms with Crippen LogP contribution in [-0.4, -0.2) is 17.2 Å². The molecule has 1 amide bonds. The summed E-state index contributed by atoms with van der Waals surface area (Å²) < 4.78 is 5.88. The van der Waals surface area contributed by atoms with Crippen molar-refractivity contribution in [1.29, 1.82) is 0 Å². The highest BCUT2D eigenvalue weighted by atomic mass is 16.5. The van der Waals surface area contributed by atoms with E-state index in [1.807, 2.05) is 55.5 Å². The lowest BCUT2D eigenvalue weighted by molar-refractivity contribution is -0.108. The average molecular weight is 321 g/mol. The van der Waals surface area contributed by atoms with Crippen molar-refractivity contribution in [2.24, 2.45) is 4.99 Å². The van der Waals surface area contributed by atoms with Crippen molar-refractivity contribution in [2.45, 2.75) is 20.5 Å². The van der Waals surface area contributed by atoms with E-state index in [2.05, 4.69) is 15.3 Å². The molecule has 0 aliphatic rings. The minimum atomic E-state index is 0.531. The number of hydrogen-bond acceptors (Lipinski definition) is 3. The number of H-pyrrole nitrogens is 1. The molecule has 5 heteroatoms. The summed E-state index contributed by atoms with van der Waals surface area (Å²) in [6, 6.07) is 16.0. The van der Waals surface area contributed by atoms with E-state index < -0.39 is 0 Å². The fourth-order valence-corrected chi connectivity index (χ4v) is 2.52. The third-order valence-electron chi connectivity index (χ3n) is 3.80. The monoisotopic (exact) mass is 321 g/mol. The first kappa shape index (κ1) is 15.8. The maximum atomic E-state index is 10.5. The Bertz CT molecular complexity index is 882. The summed E-state index contributed by atoms with van der Waals surface area (Å²) in [4.78, 5) is 18.1. The van der Waals surface area contributed by atoms with Crippen LogP contribution in [0.1, 0.15) is 18.1 Å². The molecular formula is C19H19N3O2. The summed E-state index contributed by atoms with van der Waals surface area (Å²) >= 11 is 0. The Morgan fingerprint density at radius 1 is 1.25 bits per heavy atom. The lowest BCUT2D eigenvalue weighted by atomic mass is 10.2. The highest BCUT2D eigenvalue weighted by molar-refractivity contribution is 5.94. The van der Waals surface area contributed by atoms with E-state index in [1.165, 1.54) is 0 Å². The molecular weight excluding hydrogens is 302 g/mol. The van der Waals surface area contributed by atoms with E-state index in [9.17, 15) is 4.79 Å². The van der Waals surface area contributed by atoms with Gasteiger partial charge < -0.3 is 15.0 Å². The number of ether oxygens (including phenoxy) is 1. The van der Waals surface area contributed by atoms with Crippen molar-refractivity contribution in [3.63, 3.8) is 0 Å². The van der Waals surface area contributed by atoms with Crippen molar-refractivity contribution >= 4 is 29.0 Å². The summed E-state index contributed by atoms with van der Waals surface area (Å²) in [6.07, 6.45) is 0.617. The molecule has 2 N–H and O–H groups in total. The number of carbonyl (C=O) groups is 1. The first-order valence-electron chi connectivity index (χ1n) is 7.72. The van der Waals surface area contributed by atoms with Gasteiger partial charge >= 0.3 is 0 Å². The van der Waals surface area contributed by atoms with Gasteiger partial charge in [-0.05, 0) is 37.6 Å². The van der Waals surface area contributed by atoms with E-state index >= 15 is 0 Å². The van der Waals surface area contributed by atoms with E-state index in [4.69, 9.17) is 4.74 Å². The molecule has 0 bridgehead atoms. The largest absolute Gasteiger partial charge is 0.489 e. The number of nitrogens with one attached hydrogen (secondary N) is 2. The number of aromatic amines is 1. The molecule has 0 saturated heterocycles. The van der Waals surface area contributed by atoms with Gasteiger partial charge in [-0.25, -0.2) is 4.99 Å². The van der Waals surface area contributed by atoms with Crippen LogP contribution in [0.15, 0.2) is 53.5 Å². The zero-order valence-electron chi connectivity index (χ0n) is 13.7. The number of carbonyl (C=O) groups excluding carboxylic acids is 1. The molecule has 3 rings (SSSR count). The fourth-order valence-electron chi connectivity index (χ4n) is 2.52. The highest BCUT2D eigenvalue weighted by Crippen LogP contribution is 2.30. The molecule has 0 fully saturated rings. The third-order valence-corrected chi connectivity index (χ3v) is 3.80. The van der Waals surface area contributed by atoms with Crippen LogP contribution in [0.3, 0.4) is 0 Å². The van der Waals surface area contributed by atoms with E-state index in [-0.39, 0.29) is 0 Å². The van der Waals surface area contributed by atoms with Crippen molar-refractivity contribution < 1.29 is 9.53 Å². The topological polar surface area (TPSA) is 66.5 Å². The highest BCUT2D eigenvalue weighted by Gasteiger charge is 2.08. The third kappa shape index (κ3) is 3.46. The normalized spacial score (nSPS) is 11.5. The van der Waals surface area contributed by atoms with Gasteiger partial charge in [0.05, 0.1) is 0 Å². The van der Waals surface area contributed by atoms with Crippen LogP contribution in [0.2, 0.25) is 0 Å². The SMILES string of the molecule is C/C(=N/c1[nH]c2ccc(OCc3ccccc3)cc2c1C)NC=O. The van der Waals surface area contributed by atoms with Gasteiger partial charge in [0.2, 0.25) is 6.41 Å². The van der Waals surface area contributed by atoms with Gasteiger partial charge in [-0.1, -0.05) is 30.3 Å². The van der Waals surface area contributed by atoms with Crippen LogP contribution in [0.25, 0.3) is 10.9 Å². The molecule has 3 aromatic rings. The second kappa shape index (κ2) is 7.00. The molecule has 0 aliphatic carbocycles. The number of aryl methyl sites for hydroxylation is 1. The van der Waals surface area contributed by atoms with Crippen molar-refractivity contribution in [3.8, 4) is 5.75 Å². The number of benzene rings is 2. The number of hydrogen-bond donors (Lipinski definition) is 2. The average Bonchev–Trinajstić information content (AvgIpc) is 2.90. The van der Waals surface area contributed by atoms with Crippen molar-refractivity contribution in [3.05, 3.63) is 59.7 Å². The number of amidine groups is 1. The number of fused-ring (bicyclic) bond motifs is 1. The minimum absolute atomic E-state index is 0.531. The van der Waals surface area contributed by atoms with Gasteiger partial charge in [0, 0.05) is 16.5 Å². The number of rotatable bonds is 5. The quantitative estimate of drug-likeness (QED) is 0.426. The zero-order chi connectivity index (χ0) is 16.9. The Kier molecular flexibility index (Phi) is 4.61. The Morgan fingerprint density at radius 3 is 2.79 bits per heavy atom. The Balaban J connectivity index is 1.84. The predicted molar refractivity (Wildman–Crippen MR) is 95.8 cm³/mol. The Morgan fingerprint density at radius 2 is 2.04 bits per heavy atom. The van der Waals surface area contributed by atoms with Gasteiger partial charge in [-0.3, -0.25) is 4.79 Å². The number of aliphatic imine (C=N–C) groups is 1. The second-order valence-electron chi connectivity index (χ2n) is 5.54. The van der Waals surface area contributed by atoms with E-state index in [0.29, 0.717) is 18.9 Å². The Hall–Kier alpha value is -3.08. The standard InChI is InChI=1S/C19H19N3O2/c1-13-17-10-16(24-11-15-6-4-3-5-7-15)8-9-18(17)22-19(13)21-14(2)20-12-23/h3-10,12,22H,11H2,1-2H3,(H,20,21,23).